The summed E-state index contributed by atoms with van der Waals surface area (Å²) in [5, 5.41) is 12.2. The minimum absolute atomic E-state index is 0.0918. The van der Waals surface area contributed by atoms with E-state index < -0.39 is 4.92 Å². The standard InChI is InChI=1S/C14H9ClN2O2/c15-11-3-1-9(2-4-11)14-8-10-7-12(17(18)19)5-6-13(10)16-14/h1-8,16H. The zero-order valence-electron chi connectivity index (χ0n) is 9.76. The largest absolute Gasteiger partial charge is 0.355 e. The molecule has 0 spiro atoms. The molecule has 0 bridgehead atoms. The third kappa shape index (κ3) is 2.18. The fraction of sp³-hybridized carbons (Fsp3) is 0. The number of aromatic nitrogens is 1. The van der Waals surface area contributed by atoms with E-state index in [1.54, 1.807) is 12.1 Å². The monoisotopic (exact) mass is 272 g/mol. The van der Waals surface area contributed by atoms with Crippen molar-refractivity contribution in [2.75, 3.05) is 0 Å². The molecule has 0 radical (unpaired) electrons. The van der Waals surface area contributed by atoms with Crippen LogP contribution in [0.1, 0.15) is 0 Å². The Bertz CT molecular complexity index is 763. The number of hydrogen-bond donors (Lipinski definition) is 1. The molecular weight excluding hydrogens is 264 g/mol. The van der Waals surface area contributed by atoms with Gasteiger partial charge in [-0.05, 0) is 29.8 Å². The van der Waals surface area contributed by atoms with Crippen LogP contribution < -0.4 is 0 Å². The van der Waals surface area contributed by atoms with Crippen LogP contribution in [-0.4, -0.2) is 9.91 Å². The maximum Gasteiger partial charge on any atom is 0.270 e. The minimum atomic E-state index is -0.394. The first-order chi connectivity index (χ1) is 9.13. The Morgan fingerprint density at radius 3 is 2.47 bits per heavy atom. The zero-order chi connectivity index (χ0) is 13.4. The topological polar surface area (TPSA) is 58.9 Å². The van der Waals surface area contributed by atoms with Crippen LogP contribution in [0, 0.1) is 10.1 Å². The van der Waals surface area contributed by atoms with Crippen molar-refractivity contribution in [3.63, 3.8) is 0 Å². The average molecular weight is 273 g/mol. The first-order valence-electron chi connectivity index (χ1n) is 5.66. The van der Waals surface area contributed by atoms with Crippen molar-refractivity contribution in [2.24, 2.45) is 0 Å². The molecule has 1 aromatic heterocycles. The van der Waals surface area contributed by atoms with E-state index in [-0.39, 0.29) is 5.69 Å². The van der Waals surface area contributed by atoms with E-state index in [1.165, 1.54) is 6.07 Å². The number of nitrogens with zero attached hydrogens (tertiary/aromatic N) is 1. The number of benzene rings is 2. The Morgan fingerprint density at radius 1 is 1.05 bits per heavy atom. The summed E-state index contributed by atoms with van der Waals surface area (Å²) in [4.78, 5) is 13.6. The van der Waals surface area contributed by atoms with Gasteiger partial charge in [0.1, 0.15) is 0 Å². The first-order valence-corrected chi connectivity index (χ1v) is 6.04. The molecule has 1 heterocycles. The average Bonchev–Trinajstić information content (AvgIpc) is 2.82. The molecule has 0 saturated heterocycles. The number of hydrogen-bond acceptors (Lipinski definition) is 2. The summed E-state index contributed by atoms with van der Waals surface area (Å²) in [6.45, 7) is 0. The molecule has 19 heavy (non-hydrogen) atoms. The number of fused-ring (bicyclic) bond motifs is 1. The number of nitrogens with one attached hydrogen (secondary N) is 1. The van der Waals surface area contributed by atoms with Crippen molar-refractivity contribution in [1.82, 2.24) is 4.98 Å². The summed E-state index contributed by atoms with van der Waals surface area (Å²) >= 11 is 5.85. The Hall–Kier alpha value is -2.33. The molecule has 4 nitrogen and oxygen atoms in total. The molecule has 94 valence electrons. The summed E-state index contributed by atoms with van der Waals surface area (Å²) in [5.74, 6) is 0. The van der Waals surface area contributed by atoms with Crippen LogP contribution in [-0.2, 0) is 0 Å². The van der Waals surface area contributed by atoms with Gasteiger partial charge in [-0.15, -0.1) is 0 Å². The smallest absolute Gasteiger partial charge is 0.270 e. The van der Waals surface area contributed by atoms with Crippen molar-refractivity contribution >= 4 is 28.2 Å². The van der Waals surface area contributed by atoms with E-state index in [4.69, 9.17) is 11.6 Å². The predicted molar refractivity (Wildman–Crippen MR) is 75.4 cm³/mol. The second-order valence-electron chi connectivity index (χ2n) is 4.22. The number of nitro benzene ring substituents is 1. The molecule has 0 amide bonds. The lowest BCUT2D eigenvalue weighted by Gasteiger charge is -1.96. The van der Waals surface area contributed by atoms with Crippen LogP contribution in [0.15, 0.2) is 48.5 Å². The maximum absolute atomic E-state index is 10.7. The van der Waals surface area contributed by atoms with Gasteiger partial charge in [-0.3, -0.25) is 10.1 Å². The summed E-state index contributed by atoms with van der Waals surface area (Å²) in [7, 11) is 0. The molecule has 2 aromatic carbocycles. The summed E-state index contributed by atoms with van der Waals surface area (Å²) in [6.07, 6.45) is 0. The highest BCUT2D eigenvalue weighted by atomic mass is 35.5. The molecule has 0 aliphatic carbocycles. The van der Waals surface area contributed by atoms with E-state index in [2.05, 4.69) is 4.98 Å². The Balaban J connectivity index is 2.11. The van der Waals surface area contributed by atoms with Gasteiger partial charge in [-0.2, -0.15) is 0 Å². The number of non-ortho nitro benzene ring substituents is 1. The van der Waals surface area contributed by atoms with Crippen molar-refractivity contribution in [3.8, 4) is 11.3 Å². The van der Waals surface area contributed by atoms with Gasteiger partial charge in [0.15, 0.2) is 0 Å². The SMILES string of the molecule is O=[N+]([O-])c1ccc2[nH]c(-c3ccc(Cl)cc3)cc2c1. The lowest BCUT2D eigenvalue weighted by atomic mass is 10.1. The Morgan fingerprint density at radius 2 is 1.79 bits per heavy atom. The van der Waals surface area contributed by atoms with Crippen molar-refractivity contribution < 1.29 is 4.92 Å². The molecule has 3 rings (SSSR count). The van der Waals surface area contributed by atoms with Gasteiger partial charge >= 0.3 is 0 Å². The zero-order valence-corrected chi connectivity index (χ0v) is 10.5. The number of H-pyrrole nitrogens is 1. The molecule has 0 fully saturated rings. The number of nitro groups is 1. The number of rotatable bonds is 2. The molecule has 0 unspecified atom stereocenters. The van der Waals surface area contributed by atoms with Crippen LogP contribution in [0.3, 0.4) is 0 Å². The highest BCUT2D eigenvalue weighted by molar-refractivity contribution is 6.30. The highest BCUT2D eigenvalue weighted by Gasteiger charge is 2.09. The summed E-state index contributed by atoms with van der Waals surface area (Å²) in [6, 6.07) is 14.1. The minimum Gasteiger partial charge on any atom is -0.355 e. The van der Waals surface area contributed by atoms with Crippen LogP contribution in [0.2, 0.25) is 5.02 Å². The van der Waals surface area contributed by atoms with E-state index in [0.717, 1.165) is 22.2 Å². The molecule has 0 aliphatic rings. The first kappa shape index (κ1) is 11.7. The second kappa shape index (κ2) is 4.40. The Kier molecular flexibility index (Phi) is 2.72. The molecule has 0 atom stereocenters. The molecular formula is C14H9ClN2O2. The number of aromatic amines is 1. The van der Waals surface area contributed by atoms with E-state index in [1.807, 2.05) is 30.3 Å². The van der Waals surface area contributed by atoms with Gasteiger partial charge in [0.25, 0.3) is 5.69 Å². The van der Waals surface area contributed by atoms with E-state index >= 15 is 0 Å². The van der Waals surface area contributed by atoms with Crippen molar-refractivity contribution in [3.05, 3.63) is 63.7 Å². The van der Waals surface area contributed by atoms with E-state index in [9.17, 15) is 10.1 Å². The van der Waals surface area contributed by atoms with Crippen LogP contribution in [0.5, 0.6) is 0 Å². The van der Waals surface area contributed by atoms with Gasteiger partial charge in [-0.1, -0.05) is 23.7 Å². The normalized spacial score (nSPS) is 10.8. The van der Waals surface area contributed by atoms with Crippen molar-refractivity contribution in [1.29, 1.82) is 0 Å². The second-order valence-corrected chi connectivity index (χ2v) is 4.66. The fourth-order valence-electron chi connectivity index (χ4n) is 2.02. The number of halogens is 1. The third-order valence-electron chi connectivity index (χ3n) is 2.97. The summed E-state index contributed by atoms with van der Waals surface area (Å²) < 4.78 is 0. The maximum atomic E-state index is 10.7. The highest BCUT2D eigenvalue weighted by Crippen LogP contribution is 2.27. The van der Waals surface area contributed by atoms with Gasteiger partial charge in [0, 0.05) is 33.8 Å². The van der Waals surface area contributed by atoms with Crippen molar-refractivity contribution in [2.45, 2.75) is 0 Å². The fourth-order valence-corrected chi connectivity index (χ4v) is 2.14. The molecule has 0 saturated carbocycles. The molecule has 5 heteroatoms. The van der Waals surface area contributed by atoms with Crippen LogP contribution in [0.25, 0.3) is 22.2 Å². The third-order valence-corrected chi connectivity index (χ3v) is 3.22. The summed E-state index contributed by atoms with van der Waals surface area (Å²) in [5.41, 5.74) is 2.86. The van der Waals surface area contributed by atoms with Gasteiger partial charge in [-0.25, -0.2) is 0 Å². The van der Waals surface area contributed by atoms with Crippen LogP contribution >= 0.6 is 11.6 Å². The lowest BCUT2D eigenvalue weighted by molar-refractivity contribution is -0.384. The molecule has 1 N–H and O–H groups in total. The van der Waals surface area contributed by atoms with Gasteiger partial charge < -0.3 is 4.98 Å². The lowest BCUT2D eigenvalue weighted by Crippen LogP contribution is -1.86. The quantitative estimate of drug-likeness (QED) is 0.555. The molecule has 3 aromatic rings. The van der Waals surface area contributed by atoms with E-state index in [0.29, 0.717) is 5.02 Å². The van der Waals surface area contributed by atoms with Gasteiger partial charge in [0.2, 0.25) is 0 Å². The predicted octanol–water partition coefficient (Wildman–Crippen LogP) is 4.40. The Labute approximate surface area is 113 Å². The molecule has 0 aliphatic heterocycles. The van der Waals surface area contributed by atoms with Gasteiger partial charge in [0.05, 0.1) is 4.92 Å². The van der Waals surface area contributed by atoms with Crippen LogP contribution in [0.4, 0.5) is 5.69 Å².